The molecular weight excluding hydrogens is 676 g/mol. The fourth-order valence-corrected chi connectivity index (χ4v) is 5.77. The Morgan fingerprint density at radius 2 is 1.50 bits per heavy atom. The fourth-order valence-electron chi connectivity index (χ4n) is 5.77. The molecule has 6 atom stereocenters. The van der Waals surface area contributed by atoms with Gasteiger partial charge in [0.15, 0.2) is 0 Å². The summed E-state index contributed by atoms with van der Waals surface area (Å²) in [6.45, 7) is 5.30. The molecule has 0 aliphatic carbocycles. The molecule has 287 valence electrons. The number of rotatable bonds is 23. The molecule has 10 N–H and O–H groups in total. The number of carbonyl (C=O) groups is 7. The van der Waals surface area contributed by atoms with Gasteiger partial charge in [0.05, 0.1) is 25.1 Å². The van der Waals surface area contributed by atoms with Crippen molar-refractivity contribution in [3.63, 3.8) is 0 Å². The van der Waals surface area contributed by atoms with Crippen LogP contribution in [0.1, 0.15) is 71.3 Å². The summed E-state index contributed by atoms with van der Waals surface area (Å²) in [7, 11) is 0. The van der Waals surface area contributed by atoms with Crippen LogP contribution in [0.4, 0.5) is 0 Å². The van der Waals surface area contributed by atoms with Crippen LogP contribution in [0.2, 0.25) is 0 Å². The molecule has 7 amide bonds. The van der Waals surface area contributed by atoms with Crippen molar-refractivity contribution in [2.24, 2.45) is 17.4 Å². The number of nitrogens with two attached hydrogens (primary N) is 2. The lowest BCUT2D eigenvalue weighted by Crippen LogP contribution is -2.59. The molecule has 0 saturated carbocycles. The third-order valence-corrected chi connectivity index (χ3v) is 8.55. The Hall–Kier alpha value is -4.90. The maximum absolute atomic E-state index is 13.8. The van der Waals surface area contributed by atoms with Crippen molar-refractivity contribution in [3.05, 3.63) is 35.9 Å². The molecule has 1 radical (unpaired) electrons. The van der Waals surface area contributed by atoms with Crippen LogP contribution in [0.25, 0.3) is 0 Å². The third kappa shape index (κ3) is 14.8. The second kappa shape index (κ2) is 22.1. The highest BCUT2D eigenvalue weighted by Crippen LogP contribution is 2.19. The molecular formula is C35H53N8O9. The predicted octanol–water partition coefficient (Wildman–Crippen LogP) is -2.18. The van der Waals surface area contributed by atoms with Crippen LogP contribution < -0.4 is 38.1 Å². The number of hydrogen-bond donors (Lipinski definition) is 8. The highest BCUT2D eigenvalue weighted by molar-refractivity contribution is 5.96. The predicted molar refractivity (Wildman–Crippen MR) is 189 cm³/mol. The van der Waals surface area contributed by atoms with E-state index in [1.807, 2.05) is 41.5 Å². The summed E-state index contributed by atoms with van der Waals surface area (Å²) < 4.78 is 0. The van der Waals surface area contributed by atoms with Crippen molar-refractivity contribution >= 4 is 47.6 Å². The van der Waals surface area contributed by atoms with E-state index in [0.717, 1.165) is 5.56 Å². The van der Waals surface area contributed by atoms with Gasteiger partial charge in [-0.1, -0.05) is 51.1 Å². The molecule has 17 heteroatoms. The number of benzene rings is 1. The van der Waals surface area contributed by atoms with E-state index in [9.17, 15) is 43.5 Å². The van der Waals surface area contributed by atoms with Gasteiger partial charge in [-0.25, -0.2) is 0 Å². The largest absolute Gasteiger partial charge is 0.394 e. The van der Waals surface area contributed by atoms with Crippen molar-refractivity contribution in [1.29, 1.82) is 0 Å². The van der Waals surface area contributed by atoms with Crippen molar-refractivity contribution in [2.45, 2.75) is 108 Å². The summed E-state index contributed by atoms with van der Waals surface area (Å²) in [6, 6.07) is 2.86. The number of aliphatic hydroxyl groups excluding tert-OH is 1. The van der Waals surface area contributed by atoms with Crippen molar-refractivity contribution in [2.75, 3.05) is 19.7 Å². The first-order chi connectivity index (χ1) is 24.7. The van der Waals surface area contributed by atoms with Crippen molar-refractivity contribution in [1.82, 2.24) is 31.5 Å². The molecule has 0 spiro atoms. The Balaban J connectivity index is 2.30. The van der Waals surface area contributed by atoms with Gasteiger partial charge in [-0.2, -0.15) is 0 Å². The number of hydrogen-bond acceptors (Lipinski definition) is 10. The summed E-state index contributed by atoms with van der Waals surface area (Å²) >= 11 is 0. The number of likely N-dealkylation sites (tertiary alicyclic amines) is 1. The Morgan fingerprint density at radius 1 is 0.865 bits per heavy atom. The summed E-state index contributed by atoms with van der Waals surface area (Å²) in [5.74, 6) is -5.34. The number of primary amides is 2. The Labute approximate surface area is 303 Å². The first-order valence-corrected chi connectivity index (χ1v) is 17.5. The Bertz CT molecular complexity index is 1390. The van der Waals surface area contributed by atoms with E-state index in [1.54, 1.807) is 20.8 Å². The minimum Gasteiger partial charge on any atom is -0.394 e. The zero-order valence-corrected chi connectivity index (χ0v) is 30.0. The maximum atomic E-state index is 13.8. The zero-order valence-electron chi connectivity index (χ0n) is 30.0. The zero-order chi connectivity index (χ0) is 38.8. The van der Waals surface area contributed by atoms with E-state index in [1.165, 1.54) is 0 Å². The highest BCUT2D eigenvalue weighted by Gasteiger charge is 2.35. The molecule has 1 heterocycles. The smallest absolute Gasteiger partial charge is 0.245 e. The van der Waals surface area contributed by atoms with E-state index in [4.69, 9.17) is 11.5 Å². The molecule has 17 nitrogen and oxygen atoms in total. The molecule has 1 aromatic carbocycles. The van der Waals surface area contributed by atoms with E-state index < -0.39 is 84.7 Å². The van der Waals surface area contributed by atoms with Gasteiger partial charge in [0.25, 0.3) is 0 Å². The number of nitrogens with zero attached hydrogens (tertiary/aromatic N) is 1. The molecule has 0 aromatic heterocycles. The molecule has 52 heavy (non-hydrogen) atoms. The number of amides is 7. The SMILES string of the molecule is CCCC(=O)NC(CO)C(=O)NC(CCC(N)=O)C(=O)NC(CC(N)=O)C(=O)NC(Cc1ccccc1)CN1CCCC1C(=O)NC([C]=O)C(C)C. The molecule has 2 rings (SSSR count). The molecule has 0 bridgehead atoms. The number of carbonyl (C=O) groups excluding carboxylic acids is 8. The number of nitrogens with one attached hydrogen (secondary N) is 5. The Morgan fingerprint density at radius 3 is 2.08 bits per heavy atom. The third-order valence-electron chi connectivity index (χ3n) is 8.55. The fraction of sp³-hybridized carbons (Fsp3) is 0.600. The van der Waals surface area contributed by atoms with Gasteiger partial charge in [0, 0.05) is 25.4 Å². The number of aliphatic hydroxyl groups is 1. The average Bonchev–Trinajstić information content (AvgIpc) is 3.55. The van der Waals surface area contributed by atoms with Gasteiger partial charge < -0.3 is 43.2 Å². The molecule has 1 aliphatic rings. The van der Waals surface area contributed by atoms with Crippen molar-refractivity contribution in [3.8, 4) is 0 Å². The molecule has 1 aromatic rings. The summed E-state index contributed by atoms with van der Waals surface area (Å²) in [4.78, 5) is 103. The molecule has 6 unspecified atom stereocenters. The van der Waals surface area contributed by atoms with Crippen LogP contribution in [0.15, 0.2) is 30.3 Å². The average molecular weight is 730 g/mol. The maximum Gasteiger partial charge on any atom is 0.245 e. The van der Waals surface area contributed by atoms with E-state index in [2.05, 4.69) is 26.6 Å². The molecule has 1 aliphatic heterocycles. The molecule has 1 fully saturated rings. The normalized spacial score (nSPS) is 17.1. The van der Waals surface area contributed by atoms with Crippen LogP contribution in [0, 0.1) is 5.92 Å². The first kappa shape index (κ1) is 43.3. The van der Waals surface area contributed by atoms with E-state index in [0.29, 0.717) is 32.2 Å². The molecule has 1 saturated heterocycles. The van der Waals surface area contributed by atoms with Gasteiger partial charge in [-0.3, -0.25) is 43.3 Å². The monoisotopic (exact) mass is 729 g/mol. The lowest BCUT2D eigenvalue weighted by molar-refractivity contribution is -0.135. The van der Waals surface area contributed by atoms with Gasteiger partial charge in [-0.05, 0) is 50.1 Å². The summed E-state index contributed by atoms with van der Waals surface area (Å²) in [5.41, 5.74) is 11.6. The van der Waals surface area contributed by atoms with Crippen molar-refractivity contribution < 1.29 is 43.5 Å². The minimum absolute atomic E-state index is 0.0909. The van der Waals surface area contributed by atoms with E-state index >= 15 is 0 Å². The van der Waals surface area contributed by atoms with Crippen LogP contribution in [0.5, 0.6) is 0 Å². The first-order valence-electron chi connectivity index (χ1n) is 17.5. The quantitative estimate of drug-likeness (QED) is 0.0603. The van der Waals surface area contributed by atoms with Gasteiger partial charge in [-0.15, -0.1) is 0 Å². The Kier molecular flexibility index (Phi) is 18.4. The minimum atomic E-state index is -1.51. The van der Waals surface area contributed by atoms with Crippen LogP contribution in [0.3, 0.4) is 0 Å². The summed E-state index contributed by atoms with van der Waals surface area (Å²) in [5, 5.41) is 22.5. The lowest BCUT2D eigenvalue weighted by atomic mass is 10.0. The van der Waals surface area contributed by atoms with Crippen LogP contribution in [-0.4, -0.2) is 114 Å². The highest BCUT2D eigenvalue weighted by atomic mass is 16.3. The standard InChI is InChI=1S/C35H53N8O9/c1-4-9-31(48)39-27(20-45)34(51)40-24(13-14-29(36)46)32(49)41-25(17-30(37)47)33(50)38-23(16-22-10-6-5-7-11-22)18-43-15-8-12-28(43)35(52)42-26(19-44)21(2)3/h5-7,10-11,21,23-28,45H,4,8-9,12-18,20H2,1-3H3,(H2,36,46)(H2,37,47)(H,38,50)(H,39,48)(H,40,51)(H,41,49)(H,42,52). The van der Waals surface area contributed by atoms with Gasteiger partial charge in [0.2, 0.25) is 47.6 Å². The lowest BCUT2D eigenvalue weighted by Gasteiger charge is -2.31. The second-order valence-electron chi connectivity index (χ2n) is 13.2. The topological polar surface area (TPSA) is 272 Å². The van der Waals surface area contributed by atoms with Gasteiger partial charge >= 0.3 is 0 Å². The summed E-state index contributed by atoms with van der Waals surface area (Å²) in [6.07, 6.45) is 2.71. The van der Waals surface area contributed by atoms with Crippen LogP contribution in [-0.2, 0) is 44.8 Å². The van der Waals surface area contributed by atoms with Crippen LogP contribution >= 0.6 is 0 Å². The van der Waals surface area contributed by atoms with E-state index in [-0.39, 0.29) is 37.6 Å². The second-order valence-corrected chi connectivity index (χ2v) is 13.2. The van der Waals surface area contributed by atoms with Gasteiger partial charge in [0.1, 0.15) is 18.1 Å².